The summed E-state index contributed by atoms with van der Waals surface area (Å²) in [5, 5.41) is 2.23. The molecule has 2 aromatic heterocycles. The largest absolute Gasteiger partial charge is 0.496 e. The van der Waals surface area contributed by atoms with Crippen molar-refractivity contribution in [2.24, 2.45) is 11.5 Å². The van der Waals surface area contributed by atoms with Crippen molar-refractivity contribution < 1.29 is 77.0 Å². The van der Waals surface area contributed by atoms with Gasteiger partial charge in [-0.25, -0.2) is 0 Å². The number of rotatable bonds is 11. The topological polar surface area (TPSA) is 89.6 Å². The molecular formula is C93H138N4O3. The second-order valence-corrected chi connectivity index (χ2v) is 20.3. The first-order valence-corrected chi connectivity index (χ1v) is 29.9. The fourth-order valence-electron chi connectivity index (χ4n) is 9.20. The molecule has 548 valence electrons. The Hall–Kier alpha value is -16.0. The first-order valence-electron chi connectivity index (χ1n) is 29.9. The third-order valence-electron chi connectivity index (χ3n) is 13.2. The van der Waals surface area contributed by atoms with Crippen LogP contribution in [0.1, 0.15) is 130 Å². The highest BCUT2D eigenvalue weighted by Gasteiger charge is 2.21. The summed E-state index contributed by atoms with van der Waals surface area (Å²) in [5.74, 6) is 102. The van der Waals surface area contributed by atoms with Gasteiger partial charge in [-0.3, -0.25) is 0 Å². The van der Waals surface area contributed by atoms with Gasteiger partial charge in [-0.1, -0.05) is 90.5 Å². The van der Waals surface area contributed by atoms with E-state index in [0.29, 0.717) is 24.6 Å². The van der Waals surface area contributed by atoms with Crippen LogP contribution >= 0.6 is 0 Å². The van der Waals surface area contributed by atoms with Gasteiger partial charge in [0.2, 0.25) is 0 Å². The number of nitrogens with two attached hydrogens (primary N) is 2. The van der Waals surface area contributed by atoms with E-state index in [4.69, 9.17) is 38.5 Å². The van der Waals surface area contributed by atoms with Crippen LogP contribution in [0.5, 0.6) is 17.2 Å². The molecule has 7 heteroatoms. The summed E-state index contributed by atoms with van der Waals surface area (Å²) >= 11 is 0. The van der Waals surface area contributed by atoms with E-state index in [2.05, 4.69) is 344 Å². The van der Waals surface area contributed by atoms with E-state index in [9.17, 15) is 0 Å². The molecule has 0 fully saturated rings. The predicted octanol–water partition coefficient (Wildman–Crippen LogP) is 21.5. The summed E-state index contributed by atoms with van der Waals surface area (Å²) in [7, 11) is 1.67. The van der Waals surface area contributed by atoms with Gasteiger partial charge in [0.15, 0.2) is 0 Å². The number of hydrogen-bond donors (Lipinski definition) is 2. The maximum atomic E-state index is 6.85. The molecule has 0 amide bonds. The molecule has 8 rings (SSSR count). The quantitative estimate of drug-likeness (QED) is 0.126. The van der Waals surface area contributed by atoms with Crippen molar-refractivity contribution in [2.45, 2.75) is 52.9 Å². The second kappa shape index (κ2) is 40.8. The fraction of sp³-hybridized carbons (Fsp3) is 0.0968. The van der Waals surface area contributed by atoms with Crippen LogP contribution in [0.2, 0.25) is 0 Å². The molecule has 0 aliphatic heterocycles. The van der Waals surface area contributed by atoms with Crippen molar-refractivity contribution in [3.63, 3.8) is 0 Å². The minimum atomic E-state index is -0.359. The van der Waals surface area contributed by atoms with E-state index < -0.39 is 0 Å². The Morgan fingerprint density at radius 2 is 0.680 bits per heavy atom. The average molecular weight is 1360 g/mol. The van der Waals surface area contributed by atoms with Gasteiger partial charge in [-0.05, 0) is 209 Å². The van der Waals surface area contributed by atoms with E-state index in [1.54, 1.807) is 7.11 Å². The summed E-state index contributed by atoms with van der Waals surface area (Å²) in [6.45, 7) is 9.40. The van der Waals surface area contributed by atoms with Crippen LogP contribution in [0, 0.1) is 290 Å². The normalized spacial score (nSPS) is 8.73. The van der Waals surface area contributed by atoms with Crippen molar-refractivity contribution in [3.8, 4) is 279 Å². The molecule has 100 heavy (non-hydrogen) atoms. The summed E-state index contributed by atoms with van der Waals surface area (Å²) in [6, 6.07) is 42.5. The van der Waals surface area contributed by atoms with E-state index in [-0.39, 0.29) is 74.9 Å². The maximum absolute atomic E-state index is 6.85. The molecule has 0 aliphatic rings. The number of para-hydroxylation sites is 2. The Morgan fingerprint density at radius 3 is 1.04 bits per heavy atom. The van der Waals surface area contributed by atoms with Crippen molar-refractivity contribution in [1.29, 1.82) is 0 Å². The van der Waals surface area contributed by atoms with Gasteiger partial charge in [0.1, 0.15) is 29.5 Å². The van der Waals surface area contributed by atoms with Crippen LogP contribution in [0.25, 0.3) is 21.8 Å². The highest BCUT2D eigenvalue weighted by atomic mass is 16.5. The van der Waals surface area contributed by atoms with Crippen LogP contribution in [0.4, 0.5) is 0 Å². The third-order valence-corrected chi connectivity index (χ3v) is 13.2. The Labute approximate surface area is 653 Å². The minimum Gasteiger partial charge on any atom is -0.496 e. The number of methoxy groups -OCH3 is 1. The highest BCUT2D eigenvalue weighted by Crippen LogP contribution is 2.35. The Kier molecular flexibility index (Phi) is 29.2. The molecule has 0 radical (unpaired) electrons. The molecule has 2 atom stereocenters. The van der Waals surface area contributed by atoms with Gasteiger partial charge in [-0.15, -0.1) is 12.8 Å². The van der Waals surface area contributed by atoms with Gasteiger partial charge in [-0.2, -0.15) is 0 Å². The lowest BCUT2D eigenvalue weighted by Crippen LogP contribution is -2.13. The molecule has 0 saturated carbocycles. The molecule has 0 bridgehead atoms. The third kappa shape index (κ3) is 24.3. The average Bonchev–Trinajstić information content (AvgIpc) is 1.63. The van der Waals surface area contributed by atoms with E-state index in [1.165, 1.54) is 5.56 Å². The van der Waals surface area contributed by atoms with Gasteiger partial charge >= 0.3 is 0 Å². The first kappa shape index (κ1) is 71.5. The number of aromatic nitrogens is 2. The van der Waals surface area contributed by atoms with E-state index in [1.807, 2.05) is 81.4 Å². The molecule has 4 N–H and O–H groups in total. The van der Waals surface area contributed by atoms with Crippen LogP contribution in [-0.2, 0) is 13.1 Å². The Morgan fingerprint density at radius 1 is 0.350 bits per heavy atom. The van der Waals surface area contributed by atoms with Crippen LogP contribution in [0.15, 0.2) is 140 Å². The fourth-order valence-corrected chi connectivity index (χ4v) is 9.20. The summed E-state index contributed by atoms with van der Waals surface area (Å²) in [6.07, 6.45) is 19.4. The number of ether oxygens (including phenoxy) is 3. The van der Waals surface area contributed by atoms with Gasteiger partial charge in [0, 0.05) is 258 Å². The van der Waals surface area contributed by atoms with Crippen molar-refractivity contribution in [3.05, 3.63) is 195 Å². The molecule has 6 aromatic carbocycles. The number of aryl methyl sites for hydroxylation is 4. The maximum Gasteiger partial charge on any atom is 0.140 e. The summed E-state index contributed by atoms with van der Waals surface area (Å²) in [5.41, 5.74) is 26.5. The predicted molar refractivity (Wildman–Crippen MR) is 493 cm³/mol. The Bertz CT molecular complexity index is 6170. The van der Waals surface area contributed by atoms with Crippen molar-refractivity contribution in [1.82, 2.24) is 9.13 Å². The van der Waals surface area contributed by atoms with Crippen molar-refractivity contribution >= 4 is 21.8 Å². The minimum absolute atomic E-state index is 0. The monoisotopic (exact) mass is 1360 g/mol. The zero-order chi connectivity index (χ0) is 70.6. The summed E-state index contributed by atoms with van der Waals surface area (Å²) < 4.78 is 21.4. The molecule has 7 nitrogen and oxygen atoms in total. The lowest BCUT2D eigenvalue weighted by Gasteiger charge is -2.16. The highest BCUT2D eigenvalue weighted by molar-refractivity contribution is 5.86. The number of nitrogens with zero attached hydrogens (tertiary/aromatic N) is 2. The second-order valence-electron chi connectivity index (χ2n) is 20.3. The molecule has 2 heterocycles. The van der Waals surface area contributed by atoms with Crippen LogP contribution < -0.4 is 25.7 Å². The first-order chi connectivity index (χ1) is 49.0. The molecule has 0 saturated heterocycles. The lowest BCUT2D eigenvalue weighted by atomic mass is 9.97. The van der Waals surface area contributed by atoms with E-state index in [0.717, 1.165) is 77.6 Å². The molecule has 0 aliphatic carbocycles. The van der Waals surface area contributed by atoms with Crippen LogP contribution in [0.3, 0.4) is 0 Å². The molecule has 2 unspecified atom stereocenters. The molecule has 0 spiro atoms. The smallest absolute Gasteiger partial charge is 0.140 e. The lowest BCUT2D eigenvalue weighted by molar-refractivity contribution is 0.407. The van der Waals surface area contributed by atoms with Crippen LogP contribution in [-0.4, -0.2) is 16.2 Å². The number of hydrogen-bond acceptors (Lipinski definition) is 5. The zero-order valence-corrected chi connectivity index (χ0v) is 54.8. The van der Waals surface area contributed by atoms with Gasteiger partial charge < -0.3 is 34.8 Å². The standard InChI is InChI=1S/C47H26N2O2.C46H24N2O.44H2/c1-5-6-7-8-9-10-11-12-13-14-15-16-17-18-19-20-21-22-23-26-31-51-41-33-39(3)32-40(35-41)36-49-37-44(42-27-24-25-28-45(42)49)47(48)43-30-29-38(2)34-46(43)50-4;1-4-5-6-7-8-9-10-11-12-13-14-15-16-17-18-19-20-21-22-25-32-49-42-34-39(3)33-40(35-42)36-48-37-44(43-26-23-24-27-45(43)48)46(47)41-30-28-38(2)29-31-41;;;;;;;;;;;;;;;;;;;;;;;;;;;;;;;;;;;;;;;;;;;;/h1,24-25,27-30,32-35,37,47H,36,48H2,2-4H3;1,23-24,26-31,33-35,37,46H,36,47H2,2-3H3;44*1H. The van der Waals surface area contributed by atoms with Crippen molar-refractivity contribution in [2.75, 3.05) is 7.11 Å². The summed E-state index contributed by atoms with van der Waals surface area (Å²) in [4.78, 5) is 0. The van der Waals surface area contributed by atoms with Gasteiger partial charge in [0.25, 0.3) is 0 Å². The Balaban J connectivity index is -0.0000000332. The zero-order valence-electron chi connectivity index (χ0n) is 54.8. The molecule has 8 aromatic rings. The van der Waals surface area contributed by atoms with E-state index >= 15 is 0 Å². The van der Waals surface area contributed by atoms with Gasteiger partial charge in [0.05, 0.1) is 19.2 Å². The number of terminal acetylenes is 2. The SMILES string of the molecule is C#CC#CC#CC#CC#CC#CC#CC#CC#CC#CC#COc1cc(C)cc(Cn2cc(C(N)c3ccc(C)cc3)c3ccccc32)c1.C#CC#CC#CC#CC#CC#CC#CC#CC#CC#CC#COc1cc(C)cc(Cn2cc(C(N)c3ccc(C)cc3OC)c3ccccc32)c1.[HH].[HH].[HH].[HH].[HH].[HH].[HH].[HH].[HH].[HH].[HH].[HH].[HH].[HH].[HH].[HH].[HH].[HH].[HH].[HH].[HH].[HH].[HH].[HH].[HH].[HH].[HH].[HH].[HH].[HH].[HH].[HH].[HH].[HH].[HH].[HH].[HH].[HH].[HH].[HH].[HH].[HH].[HH].[HH]. The number of benzene rings is 6. The molecular weight excluding hydrogens is 1220 g/mol. The number of fused-ring (bicyclic) bond motifs is 2.